The molecule has 4 atom stereocenters. The Bertz CT molecular complexity index is 346. The monoisotopic (exact) mass is 180 g/mol. The molecule has 3 aliphatic heterocycles. The second kappa shape index (κ2) is 1.85. The highest BCUT2D eigenvalue weighted by molar-refractivity contribution is 6.01. The Balaban J connectivity index is 2.17. The van der Waals surface area contributed by atoms with Crippen LogP contribution in [-0.4, -0.2) is 24.1 Å². The molecule has 4 nitrogen and oxygen atoms in total. The summed E-state index contributed by atoms with van der Waals surface area (Å²) in [5.74, 6) is -1.31. The average Bonchev–Trinajstić information content (AvgIpc) is 2.66. The molecular formula is C9H8O4. The standard InChI is InChI=1S/C9H8O4/c1-9-5-3-2-4(12-5)6(9)7(10)13-8(9)11/h2-6H,1H3. The van der Waals surface area contributed by atoms with Gasteiger partial charge in [0, 0.05) is 0 Å². The van der Waals surface area contributed by atoms with Crippen molar-refractivity contribution in [3.63, 3.8) is 0 Å². The molecule has 3 rings (SSSR count). The fourth-order valence-corrected chi connectivity index (χ4v) is 2.41. The third kappa shape index (κ3) is 0.592. The molecule has 13 heavy (non-hydrogen) atoms. The Labute approximate surface area is 74.5 Å². The molecule has 68 valence electrons. The van der Waals surface area contributed by atoms with Crippen LogP contribution in [0.5, 0.6) is 0 Å². The Morgan fingerprint density at radius 3 is 2.85 bits per heavy atom. The van der Waals surface area contributed by atoms with Gasteiger partial charge in [-0.25, -0.2) is 0 Å². The van der Waals surface area contributed by atoms with E-state index in [0.717, 1.165) is 0 Å². The van der Waals surface area contributed by atoms with Crippen LogP contribution in [0.4, 0.5) is 0 Å². The van der Waals surface area contributed by atoms with Crippen LogP contribution in [-0.2, 0) is 19.1 Å². The molecule has 2 bridgehead atoms. The van der Waals surface area contributed by atoms with E-state index >= 15 is 0 Å². The zero-order chi connectivity index (χ0) is 9.22. The van der Waals surface area contributed by atoms with Gasteiger partial charge in [-0.15, -0.1) is 0 Å². The Morgan fingerprint density at radius 1 is 1.38 bits per heavy atom. The maximum atomic E-state index is 11.4. The summed E-state index contributed by atoms with van der Waals surface area (Å²) in [6, 6.07) is 0. The molecule has 0 aromatic heterocycles. The van der Waals surface area contributed by atoms with Gasteiger partial charge in [-0.3, -0.25) is 9.59 Å². The minimum absolute atomic E-state index is 0.256. The van der Waals surface area contributed by atoms with Crippen LogP contribution in [0.1, 0.15) is 6.92 Å². The fourth-order valence-electron chi connectivity index (χ4n) is 2.41. The number of hydrogen-bond donors (Lipinski definition) is 0. The second-order valence-corrected chi connectivity index (χ2v) is 3.88. The van der Waals surface area contributed by atoms with Crippen molar-refractivity contribution in [3.8, 4) is 0 Å². The van der Waals surface area contributed by atoms with Crippen molar-refractivity contribution in [3.05, 3.63) is 12.2 Å². The van der Waals surface area contributed by atoms with Gasteiger partial charge < -0.3 is 9.47 Å². The molecule has 0 saturated carbocycles. The van der Waals surface area contributed by atoms with Crippen LogP contribution in [0.2, 0.25) is 0 Å². The smallest absolute Gasteiger partial charge is 0.323 e. The summed E-state index contributed by atoms with van der Waals surface area (Å²) in [7, 11) is 0. The van der Waals surface area contributed by atoms with Gasteiger partial charge in [-0.2, -0.15) is 0 Å². The summed E-state index contributed by atoms with van der Waals surface area (Å²) in [6.45, 7) is 1.74. The third-order valence-corrected chi connectivity index (χ3v) is 3.23. The largest absolute Gasteiger partial charge is 0.392 e. The first-order chi connectivity index (χ1) is 6.14. The van der Waals surface area contributed by atoms with Crippen molar-refractivity contribution in [1.82, 2.24) is 0 Å². The molecule has 2 saturated heterocycles. The predicted molar refractivity (Wildman–Crippen MR) is 40.5 cm³/mol. The minimum atomic E-state index is -0.767. The summed E-state index contributed by atoms with van der Waals surface area (Å²) in [5.41, 5.74) is -0.767. The molecule has 0 spiro atoms. The van der Waals surface area contributed by atoms with Crippen molar-refractivity contribution in [2.24, 2.45) is 11.3 Å². The maximum Gasteiger partial charge on any atom is 0.323 e. The van der Waals surface area contributed by atoms with Gasteiger partial charge in [0.1, 0.15) is 11.3 Å². The first-order valence-electron chi connectivity index (χ1n) is 4.24. The van der Waals surface area contributed by atoms with Gasteiger partial charge in [-0.05, 0) is 6.92 Å². The molecule has 0 aromatic rings. The quantitative estimate of drug-likeness (QED) is 0.300. The number of hydrogen-bond acceptors (Lipinski definition) is 4. The lowest BCUT2D eigenvalue weighted by atomic mass is 9.72. The van der Waals surface area contributed by atoms with Crippen LogP contribution in [0.15, 0.2) is 12.2 Å². The summed E-state index contributed by atoms with van der Waals surface area (Å²) < 4.78 is 10.1. The topological polar surface area (TPSA) is 52.6 Å². The van der Waals surface area contributed by atoms with Gasteiger partial charge in [0.05, 0.1) is 12.2 Å². The number of carbonyl (C=O) groups excluding carboxylic acids is 2. The number of ether oxygens (including phenoxy) is 2. The van der Waals surface area contributed by atoms with E-state index in [2.05, 4.69) is 4.74 Å². The van der Waals surface area contributed by atoms with E-state index < -0.39 is 23.3 Å². The van der Waals surface area contributed by atoms with E-state index in [1.165, 1.54) is 0 Å². The first-order valence-corrected chi connectivity index (χ1v) is 4.24. The van der Waals surface area contributed by atoms with E-state index in [0.29, 0.717) is 0 Å². The predicted octanol–water partition coefficient (Wildman–Crippen LogP) is 0.0295. The number of rotatable bonds is 0. The van der Waals surface area contributed by atoms with Crippen molar-refractivity contribution in [2.75, 3.05) is 0 Å². The highest BCUT2D eigenvalue weighted by atomic mass is 16.6. The Hall–Kier alpha value is -1.16. The van der Waals surface area contributed by atoms with Crippen LogP contribution in [0.3, 0.4) is 0 Å². The van der Waals surface area contributed by atoms with Crippen molar-refractivity contribution in [1.29, 1.82) is 0 Å². The highest BCUT2D eigenvalue weighted by Gasteiger charge is 2.68. The van der Waals surface area contributed by atoms with Gasteiger partial charge in [-0.1, -0.05) is 12.2 Å². The highest BCUT2D eigenvalue weighted by Crippen LogP contribution is 2.52. The number of cyclic esters (lactones) is 2. The normalized spacial score (nSPS) is 51.3. The van der Waals surface area contributed by atoms with Gasteiger partial charge in [0.25, 0.3) is 0 Å². The summed E-state index contributed by atoms with van der Waals surface area (Å²) in [5, 5.41) is 0. The molecule has 4 unspecified atom stereocenters. The van der Waals surface area contributed by atoms with E-state index in [9.17, 15) is 9.59 Å². The Morgan fingerprint density at radius 2 is 2.15 bits per heavy atom. The third-order valence-electron chi connectivity index (χ3n) is 3.23. The average molecular weight is 180 g/mol. The van der Waals surface area contributed by atoms with Gasteiger partial charge in [0.15, 0.2) is 0 Å². The zero-order valence-electron chi connectivity index (χ0n) is 7.02. The van der Waals surface area contributed by atoms with E-state index in [1.807, 2.05) is 12.2 Å². The second-order valence-electron chi connectivity index (χ2n) is 3.88. The van der Waals surface area contributed by atoms with Gasteiger partial charge in [0.2, 0.25) is 0 Å². The molecular weight excluding hydrogens is 172 g/mol. The van der Waals surface area contributed by atoms with Crippen LogP contribution >= 0.6 is 0 Å². The molecule has 2 fully saturated rings. The molecule has 0 amide bonds. The fraction of sp³-hybridized carbons (Fsp3) is 0.556. The van der Waals surface area contributed by atoms with E-state index in [-0.39, 0.29) is 12.2 Å². The van der Waals surface area contributed by atoms with Crippen LogP contribution in [0, 0.1) is 11.3 Å². The zero-order valence-corrected chi connectivity index (χ0v) is 7.02. The van der Waals surface area contributed by atoms with Gasteiger partial charge >= 0.3 is 11.9 Å². The summed E-state index contributed by atoms with van der Waals surface area (Å²) >= 11 is 0. The number of carbonyl (C=O) groups is 2. The lowest BCUT2D eigenvalue weighted by Gasteiger charge is -2.22. The molecule has 0 aromatic carbocycles. The number of fused-ring (bicyclic) bond motifs is 5. The van der Waals surface area contributed by atoms with Crippen LogP contribution < -0.4 is 0 Å². The van der Waals surface area contributed by atoms with Crippen molar-refractivity contribution < 1.29 is 19.1 Å². The summed E-state index contributed by atoms with van der Waals surface area (Å²) in [6.07, 6.45) is 3.13. The lowest BCUT2D eigenvalue weighted by molar-refractivity contribution is -0.158. The SMILES string of the molecule is CC12C(=O)OC(=O)C1C1C=CC2O1. The van der Waals surface area contributed by atoms with E-state index in [4.69, 9.17) is 4.74 Å². The van der Waals surface area contributed by atoms with Crippen molar-refractivity contribution in [2.45, 2.75) is 19.1 Å². The summed E-state index contributed by atoms with van der Waals surface area (Å²) in [4.78, 5) is 22.7. The van der Waals surface area contributed by atoms with Crippen molar-refractivity contribution >= 4 is 11.9 Å². The maximum absolute atomic E-state index is 11.4. The molecule has 0 N–H and O–H groups in total. The molecule has 0 aliphatic carbocycles. The number of esters is 2. The van der Waals surface area contributed by atoms with Crippen LogP contribution in [0.25, 0.3) is 0 Å². The molecule has 3 heterocycles. The minimum Gasteiger partial charge on any atom is -0.392 e. The van der Waals surface area contributed by atoms with E-state index in [1.54, 1.807) is 6.92 Å². The Kier molecular flexibility index (Phi) is 1.03. The molecule has 4 heteroatoms. The lowest BCUT2D eigenvalue weighted by Crippen LogP contribution is -2.38. The molecule has 0 radical (unpaired) electrons. The first kappa shape index (κ1) is 7.26. The molecule has 3 aliphatic rings.